The number of halogens is 1. The van der Waals surface area contributed by atoms with Crippen LogP contribution in [0.15, 0.2) is 0 Å². The Morgan fingerprint density at radius 1 is 1.43 bits per heavy atom. The van der Waals surface area contributed by atoms with Crippen LogP contribution in [-0.4, -0.2) is 12.1 Å². The van der Waals surface area contributed by atoms with Crippen molar-refractivity contribution >= 4 is 30.7 Å². The molecule has 44 valence electrons. The number of hydrogen-bond donors (Lipinski definition) is 0. The van der Waals surface area contributed by atoms with Crippen LogP contribution in [0, 0.1) is 0 Å². The first-order chi connectivity index (χ1) is 3.12. The molecule has 2 heteroatoms. The van der Waals surface area contributed by atoms with Gasteiger partial charge in [0.2, 0.25) is 0 Å². The summed E-state index contributed by atoms with van der Waals surface area (Å²) in [6.45, 7) is 7.16. The van der Waals surface area contributed by atoms with E-state index in [-0.39, 0.29) is 0 Å². The van der Waals surface area contributed by atoms with Crippen LogP contribution in [-0.2, 0) is 0 Å². The summed E-state index contributed by atoms with van der Waals surface area (Å²) in [5.74, 6) is 0. The van der Waals surface area contributed by atoms with Crippen molar-refractivity contribution in [3.8, 4) is 0 Å². The van der Waals surface area contributed by atoms with E-state index in [0.29, 0.717) is 0 Å². The lowest BCUT2D eigenvalue weighted by atomic mass is 11.0. The van der Waals surface area contributed by atoms with E-state index < -0.39 is 8.07 Å². The maximum atomic E-state index is 2.49. The Balaban J connectivity index is 3.36. The number of rotatable bonds is 2. The Labute approximate surface area is 60.8 Å². The Kier molecular flexibility index (Phi) is 3.48. The smallest absolute Gasteiger partial charge is 0.0575 e. The fourth-order valence-corrected chi connectivity index (χ4v) is 1.90. The predicted octanol–water partition coefficient (Wildman–Crippen LogP) is 2.69. The average Bonchev–Trinajstić information content (AvgIpc) is 1.68. The van der Waals surface area contributed by atoms with Gasteiger partial charge in [0.15, 0.2) is 0 Å². The van der Waals surface area contributed by atoms with Crippen LogP contribution < -0.4 is 0 Å². The minimum Gasteiger partial charge on any atom is -0.0897 e. The lowest BCUT2D eigenvalue weighted by Gasteiger charge is -2.14. The quantitative estimate of drug-likeness (QED) is 0.387. The molecule has 0 aliphatic carbocycles. The summed E-state index contributed by atoms with van der Waals surface area (Å²) in [5.41, 5.74) is 0. The molecule has 0 aliphatic rings. The number of alkyl halides is 1. The second-order valence-electron chi connectivity index (χ2n) is 2.65. The molecular formula is C5H13ISi. The van der Waals surface area contributed by atoms with Crippen molar-refractivity contribution in [2.75, 3.05) is 4.05 Å². The molecule has 0 saturated carbocycles. The van der Waals surface area contributed by atoms with Gasteiger partial charge in [0.1, 0.15) is 0 Å². The molecule has 0 radical (unpaired) electrons. The summed E-state index contributed by atoms with van der Waals surface area (Å²) in [5, 5.41) is 0. The Hall–Kier alpha value is 0.947. The second kappa shape index (κ2) is 3.07. The summed E-state index contributed by atoms with van der Waals surface area (Å²) in [7, 11) is -0.665. The first-order valence-corrected chi connectivity index (χ1v) is 7.62. The van der Waals surface area contributed by atoms with Gasteiger partial charge in [-0.05, 0) is 4.05 Å². The molecular weight excluding hydrogens is 215 g/mol. The van der Waals surface area contributed by atoms with Crippen molar-refractivity contribution in [3.05, 3.63) is 0 Å². The van der Waals surface area contributed by atoms with Gasteiger partial charge in [0, 0.05) is 0 Å². The molecule has 0 N–H and O–H groups in total. The van der Waals surface area contributed by atoms with Crippen LogP contribution >= 0.6 is 22.6 Å². The van der Waals surface area contributed by atoms with Gasteiger partial charge in [0.25, 0.3) is 0 Å². The first kappa shape index (κ1) is 7.95. The minimum absolute atomic E-state index is 0.665. The third kappa shape index (κ3) is 3.52. The second-order valence-corrected chi connectivity index (χ2v) is 10.2. The minimum atomic E-state index is -0.665. The van der Waals surface area contributed by atoms with Crippen LogP contribution in [0.3, 0.4) is 0 Å². The van der Waals surface area contributed by atoms with Crippen LogP contribution in [0.25, 0.3) is 0 Å². The molecule has 0 nitrogen and oxygen atoms in total. The van der Waals surface area contributed by atoms with Crippen LogP contribution in [0.2, 0.25) is 19.1 Å². The zero-order chi connectivity index (χ0) is 5.91. The third-order valence-electron chi connectivity index (χ3n) is 1.32. The molecule has 0 aromatic heterocycles. The monoisotopic (exact) mass is 228 g/mol. The SMILES string of the molecule is CC[Si](C)(C)CI. The topological polar surface area (TPSA) is 0 Å². The van der Waals surface area contributed by atoms with Crippen molar-refractivity contribution in [1.29, 1.82) is 0 Å². The fourth-order valence-electron chi connectivity index (χ4n) is 0.0945. The highest BCUT2D eigenvalue weighted by atomic mass is 127. The average molecular weight is 228 g/mol. The maximum absolute atomic E-state index is 2.49. The zero-order valence-corrected chi connectivity index (χ0v) is 8.45. The first-order valence-electron chi connectivity index (χ1n) is 2.68. The Bertz CT molecular complexity index is 46.0. The van der Waals surface area contributed by atoms with Crippen molar-refractivity contribution in [2.45, 2.75) is 26.1 Å². The number of hydrogen-bond acceptors (Lipinski definition) is 0. The summed E-state index contributed by atoms with van der Waals surface area (Å²) < 4.78 is 1.40. The van der Waals surface area contributed by atoms with Gasteiger partial charge in [-0.25, -0.2) is 0 Å². The zero-order valence-electron chi connectivity index (χ0n) is 5.29. The summed E-state index contributed by atoms with van der Waals surface area (Å²) >= 11 is 2.49. The van der Waals surface area contributed by atoms with Crippen molar-refractivity contribution in [3.63, 3.8) is 0 Å². The van der Waals surface area contributed by atoms with Gasteiger partial charge in [-0.3, -0.25) is 0 Å². The molecule has 0 heterocycles. The van der Waals surface area contributed by atoms with E-state index in [1.54, 1.807) is 0 Å². The molecule has 0 saturated heterocycles. The Morgan fingerprint density at radius 2 is 1.86 bits per heavy atom. The van der Waals surface area contributed by atoms with E-state index in [1.165, 1.54) is 10.1 Å². The molecule has 0 rings (SSSR count). The summed E-state index contributed by atoms with van der Waals surface area (Å²) in [4.78, 5) is 0. The van der Waals surface area contributed by atoms with Crippen LogP contribution in [0.1, 0.15) is 6.92 Å². The molecule has 0 aromatic rings. The summed E-state index contributed by atoms with van der Waals surface area (Å²) in [6, 6.07) is 1.43. The maximum Gasteiger partial charge on any atom is 0.0575 e. The van der Waals surface area contributed by atoms with Crippen molar-refractivity contribution in [2.24, 2.45) is 0 Å². The lowest BCUT2D eigenvalue weighted by Crippen LogP contribution is -2.25. The third-order valence-corrected chi connectivity index (χ3v) is 10.2. The molecule has 0 aliphatic heterocycles. The molecule has 0 unspecified atom stereocenters. The molecule has 7 heavy (non-hydrogen) atoms. The fraction of sp³-hybridized carbons (Fsp3) is 1.00. The standard InChI is InChI=1S/C5H13ISi/c1-4-7(2,3)5-6/h4-5H2,1-3H3. The van der Waals surface area contributed by atoms with Gasteiger partial charge in [-0.15, -0.1) is 0 Å². The molecule has 0 bridgehead atoms. The normalized spacial score (nSPS) is 12.0. The highest BCUT2D eigenvalue weighted by molar-refractivity contribution is 14.1. The van der Waals surface area contributed by atoms with E-state index in [2.05, 4.69) is 42.6 Å². The van der Waals surface area contributed by atoms with E-state index in [0.717, 1.165) is 0 Å². The molecule has 0 spiro atoms. The van der Waals surface area contributed by atoms with E-state index in [9.17, 15) is 0 Å². The Morgan fingerprint density at radius 3 is 1.86 bits per heavy atom. The van der Waals surface area contributed by atoms with Gasteiger partial charge < -0.3 is 0 Å². The summed E-state index contributed by atoms with van der Waals surface area (Å²) in [6.07, 6.45) is 0. The van der Waals surface area contributed by atoms with E-state index >= 15 is 0 Å². The molecule has 0 fully saturated rings. The largest absolute Gasteiger partial charge is 0.0897 e. The van der Waals surface area contributed by atoms with Crippen molar-refractivity contribution in [1.82, 2.24) is 0 Å². The van der Waals surface area contributed by atoms with Gasteiger partial charge in [-0.1, -0.05) is 48.7 Å². The predicted molar refractivity (Wildman–Crippen MR) is 46.9 cm³/mol. The van der Waals surface area contributed by atoms with Gasteiger partial charge >= 0.3 is 0 Å². The highest BCUT2D eigenvalue weighted by Gasteiger charge is 2.14. The van der Waals surface area contributed by atoms with Gasteiger partial charge in [0.05, 0.1) is 8.07 Å². The van der Waals surface area contributed by atoms with Crippen LogP contribution in [0.5, 0.6) is 0 Å². The van der Waals surface area contributed by atoms with E-state index in [1.807, 2.05) is 0 Å². The molecule has 0 aromatic carbocycles. The lowest BCUT2D eigenvalue weighted by molar-refractivity contribution is 1.36. The molecule has 0 amide bonds. The van der Waals surface area contributed by atoms with Crippen molar-refractivity contribution < 1.29 is 0 Å². The molecule has 0 atom stereocenters. The van der Waals surface area contributed by atoms with E-state index in [4.69, 9.17) is 0 Å². The van der Waals surface area contributed by atoms with Gasteiger partial charge in [-0.2, -0.15) is 0 Å². The highest BCUT2D eigenvalue weighted by Crippen LogP contribution is 2.10. The van der Waals surface area contributed by atoms with Crippen LogP contribution in [0.4, 0.5) is 0 Å².